The van der Waals surface area contributed by atoms with E-state index in [-0.39, 0.29) is 17.7 Å². The zero-order chi connectivity index (χ0) is 41.7. The summed E-state index contributed by atoms with van der Waals surface area (Å²) in [5.41, 5.74) is 0. The molecule has 336 valence electrons. The fourth-order valence-electron chi connectivity index (χ4n) is 7.47. The van der Waals surface area contributed by atoms with E-state index in [1.807, 2.05) is 10.0 Å². The minimum absolute atomic E-state index is 0.00505. The molecule has 0 aromatic carbocycles. The summed E-state index contributed by atoms with van der Waals surface area (Å²) in [6.45, 7) is 10.6. The van der Waals surface area contributed by atoms with E-state index in [2.05, 4.69) is 36.7 Å². The highest BCUT2D eigenvalue weighted by atomic mass is 16.2. The van der Waals surface area contributed by atoms with Crippen molar-refractivity contribution in [3.05, 3.63) is 0 Å². The highest BCUT2D eigenvalue weighted by molar-refractivity contribution is 5.77. The summed E-state index contributed by atoms with van der Waals surface area (Å²) < 4.78 is 0. The van der Waals surface area contributed by atoms with Crippen LogP contribution < -0.4 is 16.0 Å². The minimum atomic E-state index is 0.00505. The molecule has 0 aliphatic carbocycles. The molecule has 0 rings (SSSR count). The lowest BCUT2D eigenvalue weighted by Crippen LogP contribution is -2.48. The Hall–Kier alpha value is -2.00. The van der Waals surface area contributed by atoms with Gasteiger partial charge in [-0.25, -0.2) is 10.0 Å². The molecule has 0 aliphatic rings. The molecular weight excluding hydrogens is 711 g/mol. The molecule has 0 heterocycles. The summed E-state index contributed by atoms with van der Waals surface area (Å²) in [5, 5.41) is 13.3. The highest BCUT2D eigenvalue weighted by Gasteiger charge is 2.19. The molecule has 0 aromatic rings. The van der Waals surface area contributed by atoms with Crippen molar-refractivity contribution in [2.75, 3.05) is 45.8 Å². The number of rotatable bonds is 46. The van der Waals surface area contributed by atoms with Gasteiger partial charge in [0.15, 0.2) is 0 Å². The average molecular weight is 806 g/mol. The SMILES string of the molecule is CCCCCCCCCCCCNC(=O)CCN(CCC=O)N(CCC(=O)NCCCCCCCCCCCC)CCC(=O)NCCCCCCCCCCCC. The lowest BCUT2D eigenvalue weighted by molar-refractivity contribution is -0.127. The Bertz CT molecular complexity index is 862. The van der Waals surface area contributed by atoms with E-state index in [0.717, 1.165) is 44.8 Å². The van der Waals surface area contributed by atoms with Crippen molar-refractivity contribution in [2.24, 2.45) is 0 Å². The molecule has 9 heteroatoms. The molecule has 0 atom stereocenters. The van der Waals surface area contributed by atoms with E-state index < -0.39 is 0 Å². The number of hydrazine groups is 1. The first kappa shape index (κ1) is 55.0. The quantitative estimate of drug-likeness (QED) is 0.0321. The third kappa shape index (κ3) is 40.6. The van der Waals surface area contributed by atoms with Gasteiger partial charge < -0.3 is 20.7 Å². The zero-order valence-electron chi connectivity index (χ0n) is 38.1. The van der Waals surface area contributed by atoms with Gasteiger partial charge in [-0.1, -0.05) is 194 Å². The largest absolute Gasteiger partial charge is 0.356 e. The minimum Gasteiger partial charge on any atom is -0.356 e. The van der Waals surface area contributed by atoms with Crippen molar-refractivity contribution >= 4 is 24.0 Å². The van der Waals surface area contributed by atoms with Crippen LogP contribution in [0.4, 0.5) is 0 Å². The van der Waals surface area contributed by atoms with Gasteiger partial charge in [-0.05, 0) is 19.3 Å². The van der Waals surface area contributed by atoms with Crippen molar-refractivity contribution in [1.82, 2.24) is 26.0 Å². The van der Waals surface area contributed by atoms with Gasteiger partial charge in [-0.15, -0.1) is 0 Å². The first-order valence-corrected chi connectivity index (χ1v) is 24.7. The Morgan fingerprint density at radius 3 is 0.825 bits per heavy atom. The molecule has 0 spiro atoms. The molecule has 0 aliphatic heterocycles. The lowest BCUT2D eigenvalue weighted by Gasteiger charge is -2.34. The molecular formula is C48H95N5O4. The number of aldehydes is 1. The Morgan fingerprint density at radius 2 is 0.579 bits per heavy atom. The lowest BCUT2D eigenvalue weighted by atomic mass is 10.1. The van der Waals surface area contributed by atoms with Crippen LogP contribution in [0.1, 0.15) is 239 Å². The van der Waals surface area contributed by atoms with Crippen molar-refractivity contribution in [2.45, 2.75) is 239 Å². The smallest absolute Gasteiger partial charge is 0.221 e. The van der Waals surface area contributed by atoms with Crippen LogP contribution in [0.15, 0.2) is 0 Å². The zero-order valence-corrected chi connectivity index (χ0v) is 38.1. The molecule has 9 nitrogen and oxygen atoms in total. The van der Waals surface area contributed by atoms with Crippen LogP contribution in [0.25, 0.3) is 0 Å². The van der Waals surface area contributed by atoms with Crippen LogP contribution in [0, 0.1) is 0 Å². The van der Waals surface area contributed by atoms with E-state index in [1.165, 1.54) is 154 Å². The predicted molar refractivity (Wildman–Crippen MR) is 242 cm³/mol. The Labute approximate surface area is 353 Å². The first-order chi connectivity index (χ1) is 28.0. The summed E-state index contributed by atoms with van der Waals surface area (Å²) in [5.74, 6) is 0.0160. The van der Waals surface area contributed by atoms with E-state index >= 15 is 0 Å². The maximum atomic E-state index is 12.9. The van der Waals surface area contributed by atoms with Gasteiger partial charge in [0.25, 0.3) is 0 Å². The predicted octanol–water partition coefficient (Wildman–Crippen LogP) is 11.4. The number of unbranched alkanes of at least 4 members (excludes halogenated alkanes) is 27. The maximum Gasteiger partial charge on any atom is 0.221 e. The normalized spacial score (nSPS) is 11.4. The summed E-state index contributed by atoms with van der Waals surface area (Å²) in [6.07, 6.45) is 40.0. The number of hydrogen-bond donors (Lipinski definition) is 3. The average Bonchev–Trinajstić information content (AvgIpc) is 3.21. The third-order valence-electron chi connectivity index (χ3n) is 11.3. The molecule has 0 aromatic heterocycles. The van der Waals surface area contributed by atoms with Crippen molar-refractivity contribution in [1.29, 1.82) is 0 Å². The van der Waals surface area contributed by atoms with Gasteiger partial charge in [0.05, 0.1) is 0 Å². The Kier molecular flexibility index (Phi) is 43.5. The number of nitrogens with one attached hydrogen (secondary N) is 3. The molecule has 57 heavy (non-hydrogen) atoms. The standard InChI is InChI=1S/C48H95N5O4/c1-4-7-10-13-16-19-22-25-28-31-38-49-46(55)35-42-52(41-34-45-54)53(43-36-47(56)50-39-32-29-26-23-20-17-14-11-8-5-2)44-37-48(57)51-40-33-30-27-24-21-18-15-12-9-6-3/h45H,4-44H2,1-3H3,(H,49,55)(H,50,56)(H,51,57). The van der Waals surface area contributed by atoms with E-state index in [4.69, 9.17) is 0 Å². The Morgan fingerprint density at radius 1 is 0.351 bits per heavy atom. The van der Waals surface area contributed by atoms with Crippen LogP contribution >= 0.6 is 0 Å². The molecule has 0 unspecified atom stereocenters. The second kappa shape index (κ2) is 45.1. The van der Waals surface area contributed by atoms with Gasteiger partial charge in [0.1, 0.15) is 6.29 Å². The molecule has 0 fully saturated rings. The van der Waals surface area contributed by atoms with Gasteiger partial charge in [0, 0.05) is 71.5 Å². The first-order valence-electron chi connectivity index (χ1n) is 24.7. The molecule has 0 radical (unpaired) electrons. The summed E-state index contributed by atoms with van der Waals surface area (Å²) >= 11 is 0. The fourth-order valence-corrected chi connectivity index (χ4v) is 7.47. The Balaban J connectivity index is 4.79. The van der Waals surface area contributed by atoms with E-state index in [9.17, 15) is 19.2 Å². The molecule has 0 saturated heterocycles. The van der Waals surface area contributed by atoms with Crippen LogP contribution in [0.5, 0.6) is 0 Å². The second-order valence-electron chi connectivity index (χ2n) is 16.7. The number of carbonyl (C=O) groups is 4. The summed E-state index contributed by atoms with van der Waals surface area (Å²) in [7, 11) is 0. The summed E-state index contributed by atoms with van der Waals surface area (Å²) in [4.78, 5) is 50.1. The number of hydrogen-bond acceptors (Lipinski definition) is 6. The van der Waals surface area contributed by atoms with Gasteiger partial charge in [0.2, 0.25) is 17.7 Å². The van der Waals surface area contributed by atoms with E-state index in [1.54, 1.807) is 0 Å². The molecule has 3 N–H and O–H groups in total. The maximum absolute atomic E-state index is 12.9. The number of nitrogens with zero attached hydrogens (tertiary/aromatic N) is 2. The van der Waals surface area contributed by atoms with Crippen LogP contribution in [0.2, 0.25) is 0 Å². The van der Waals surface area contributed by atoms with Gasteiger partial charge in [-0.3, -0.25) is 14.4 Å². The van der Waals surface area contributed by atoms with Gasteiger partial charge in [-0.2, -0.15) is 0 Å². The van der Waals surface area contributed by atoms with Crippen LogP contribution in [-0.2, 0) is 19.2 Å². The van der Waals surface area contributed by atoms with Crippen LogP contribution in [0.3, 0.4) is 0 Å². The second-order valence-corrected chi connectivity index (χ2v) is 16.7. The molecule has 0 saturated carbocycles. The van der Waals surface area contributed by atoms with Crippen molar-refractivity contribution in [3.63, 3.8) is 0 Å². The number of amides is 3. The van der Waals surface area contributed by atoms with E-state index in [0.29, 0.717) is 71.5 Å². The van der Waals surface area contributed by atoms with Gasteiger partial charge >= 0.3 is 0 Å². The summed E-state index contributed by atoms with van der Waals surface area (Å²) in [6, 6.07) is 0. The topological polar surface area (TPSA) is 111 Å². The van der Waals surface area contributed by atoms with Crippen molar-refractivity contribution < 1.29 is 19.2 Å². The number of carbonyl (C=O) groups excluding carboxylic acids is 4. The monoisotopic (exact) mass is 806 g/mol. The fraction of sp³-hybridized carbons (Fsp3) is 0.917. The third-order valence-corrected chi connectivity index (χ3v) is 11.3. The van der Waals surface area contributed by atoms with Crippen molar-refractivity contribution in [3.8, 4) is 0 Å². The molecule has 0 bridgehead atoms. The molecule has 3 amide bonds. The highest BCUT2D eigenvalue weighted by Crippen LogP contribution is 2.13. The van der Waals surface area contributed by atoms with Crippen LogP contribution in [-0.4, -0.2) is 79.8 Å².